The monoisotopic (exact) mass is 297 g/mol. The maximum absolute atomic E-state index is 13.0. The highest BCUT2D eigenvalue weighted by Gasteiger charge is 2.04. The van der Waals surface area contributed by atoms with Gasteiger partial charge >= 0.3 is 0 Å². The second kappa shape index (κ2) is 7.03. The zero-order chi connectivity index (χ0) is 16.1. The molecule has 114 valence electrons. The molecule has 0 saturated heterocycles. The molecule has 0 atom stereocenters. The minimum Gasteiger partial charge on any atom is -0.361 e. The summed E-state index contributed by atoms with van der Waals surface area (Å²) >= 11 is 0. The van der Waals surface area contributed by atoms with Crippen LogP contribution in [0.1, 0.15) is 41.3 Å². The van der Waals surface area contributed by atoms with E-state index in [1.807, 2.05) is 31.2 Å². The van der Waals surface area contributed by atoms with Crippen molar-refractivity contribution in [2.75, 3.05) is 5.32 Å². The van der Waals surface area contributed by atoms with Crippen molar-refractivity contribution in [3.05, 3.63) is 77.2 Å². The van der Waals surface area contributed by atoms with Crippen molar-refractivity contribution in [1.82, 2.24) is 0 Å². The van der Waals surface area contributed by atoms with Crippen LogP contribution in [0.25, 0.3) is 0 Å². The third-order valence-electron chi connectivity index (χ3n) is 3.52. The van der Waals surface area contributed by atoms with E-state index in [4.69, 9.17) is 0 Å². The fourth-order valence-electron chi connectivity index (χ4n) is 2.12. The van der Waals surface area contributed by atoms with Gasteiger partial charge in [0.15, 0.2) is 5.78 Å². The Bertz CT molecular complexity index is 687. The molecule has 0 spiro atoms. The summed E-state index contributed by atoms with van der Waals surface area (Å²) in [6, 6.07) is 12.1. The van der Waals surface area contributed by atoms with Crippen LogP contribution >= 0.6 is 0 Å². The van der Waals surface area contributed by atoms with Crippen LogP contribution in [0.3, 0.4) is 0 Å². The number of anilines is 1. The van der Waals surface area contributed by atoms with Crippen molar-refractivity contribution >= 4 is 11.5 Å². The average Bonchev–Trinajstić information content (AvgIpc) is 2.49. The minimum absolute atomic E-state index is 0.0671. The number of nitrogens with one attached hydrogen (secondary N) is 1. The number of aryl methyl sites for hydroxylation is 1. The number of carbonyl (C=O) groups excluding carboxylic acids is 1. The second-order valence-corrected chi connectivity index (χ2v) is 5.58. The Labute approximate surface area is 130 Å². The SMILES string of the molecule is Cc1cc(F)ccc1N/C=C/C(=O)c1ccc(C(C)C)cc1. The fraction of sp³-hybridized carbons (Fsp3) is 0.211. The van der Waals surface area contributed by atoms with Crippen molar-refractivity contribution < 1.29 is 9.18 Å². The third kappa shape index (κ3) is 4.04. The first-order valence-corrected chi connectivity index (χ1v) is 7.31. The highest BCUT2D eigenvalue weighted by atomic mass is 19.1. The van der Waals surface area contributed by atoms with Gasteiger partial charge in [0.1, 0.15) is 5.82 Å². The maximum Gasteiger partial charge on any atom is 0.187 e. The van der Waals surface area contributed by atoms with E-state index in [9.17, 15) is 9.18 Å². The van der Waals surface area contributed by atoms with E-state index in [1.165, 1.54) is 23.8 Å². The zero-order valence-corrected chi connectivity index (χ0v) is 13.1. The lowest BCUT2D eigenvalue weighted by molar-refractivity contribution is 0.104. The number of carbonyl (C=O) groups is 1. The Morgan fingerprint density at radius 3 is 2.41 bits per heavy atom. The predicted molar refractivity (Wildman–Crippen MR) is 88.8 cm³/mol. The molecule has 3 heteroatoms. The van der Waals surface area contributed by atoms with E-state index in [0.717, 1.165) is 11.3 Å². The molecule has 0 amide bonds. The molecule has 2 nitrogen and oxygen atoms in total. The lowest BCUT2D eigenvalue weighted by atomic mass is 10.0. The van der Waals surface area contributed by atoms with Gasteiger partial charge in [0.2, 0.25) is 0 Å². The molecule has 0 unspecified atom stereocenters. The molecule has 1 N–H and O–H groups in total. The van der Waals surface area contributed by atoms with E-state index in [1.54, 1.807) is 12.3 Å². The maximum atomic E-state index is 13.0. The Morgan fingerprint density at radius 1 is 1.14 bits per heavy atom. The Morgan fingerprint density at radius 2 is 1.82 bits per heavy atom. The van der Waals surface area contributed by atoms with Gasteiger partial charge < -0.3 is 5.32 Å². The number of rotatable bonds is 5. The van der Waals surface area contributed by atoms with E-state index in [2.05, 4.69) is 19.2 Å². The molecule has 0 heterocycles. The summed E-state index contributed by atoms with van der Waals surface area (Å²) in [5.74, 6) is 0.110. The molecule has 0 aliphatic heterocycles. The number of hydrogen-bond donors (Lipinski definition) is 1. The molecule has 0 saturated carbocycles. The first kappa shape index (κ1) is 16.0. The lowest BCUT2D eigenvalue weighted by Crippen LogP contribution is -1.98. The molecule has 2 rings (SSSR count). The van der Waals surface area contributed by atoms with Crippen LogP contribution < -0.4 is 5.32 Å². The minimum atomic E-state index is -0.270. The highest BCUT2D eigenvalue weighted by molar-refractivity contribution is 6.04. The lowest BCUT2D eigenvalue weighted by Gasteiger charge is -2.06. The summed E-state index contributed by atoms with van der Waals surface area (Å²) in [4.78, 5) is 12.1. The second-order valence-electron chi connectivity index (χ2n) is 5.58. The Kier molecular flexibility index (Phi) is 5.10. The third-order valence-corrected chi connectivity index (χ3v) is 3.52. The molecule has 22 heavy (non-hydrogen) atoms. The molecule has 0 aliphatic rings. The normalized spacial score (nSPS) is 11.1. The van der Waals surface area contributed by atoms with Gasteiger partial charge in [0.25, 0.3) is 0 Å². The van der Waals surface area contributed by atoms with Crippen molar-refractivity contribution in [1.29, 1.82) is 0 Å². The van der Waals surface area contributed by atoms with Gasteiger partial charge in [-0.3, -0.25) is 4.79 Å². The molecule has 0 aliphatic carbocycles. The van der Waals surface area contributed by atoms with Gasteiger partial charge in [-0.1, -0.05) is 38.1 Å². The van der Waals surface area contributed by atoms with Crippen LogP contribution in [0.4, 0.5) is 10.1 Å². The number of halogens is 1. The first-order valence-electron chi connectivity index (χ1n) is 7.31. The summed E-state index contributed by atoms with van der Waals surface area (Å²) < 4.78 is 13.0. The van der Waals surface area contributed by atoms with Crippen molar-refractivity contribution in [3.63, 3.8) is 0 Å². The van der Waals surface area contributed by atoms with Gasteiger partial charge in [-0.25, -0.2) is 4.39 Å². The van der Waals surface area contributed by atoms with Crippen molar-refractivity contribution in [2.45, 2.75) is 26.7 Å². The topological polar surface area (TPSA) is 29.1 Å². The highest BCUT2D eigenvalue weighted by Crippen LogP contribution is 2.16. The zero-order valence-electron chi connectivity index (χ0n) is 13.1. The van der Waals surface area contributed by atoms with E-state index in [-0.39, 0.29) is 11.6 Å². The quantitative estimate of drug-likeness (QED) is 0.617. The summed E-state index contributed by atoms with van der Waals surface area (Å²) in [6.07, 6.45) is 3.06. The van der Waals surface area contributed by atoms with Crippen LogP contribution in [0, 0.1) is 12.7 Å². The smallest absolute Gasteiger partial charge is 0.187 e. The van der Waals surface area contributed by atoms with Gasteiger partial charge in [-0.05, 0) is 42.2 Å². The molecule has 2 aromatic carbocycles. The molecular weight excluding hydrogens is 277 g/mol. The Hall–Kier alpha value is -2.42. The van der Waals surface area contributed by atoms with Crippen LogP contribution in [0.15, 0.2) is 54.7 Å². The van der Waals surface area contributed by atoms with Gasteiger partial charge in [0.05, 0.1) is 0 Å². The van der Waals surface area contributed by atoms with E-state index in [0.29, 0.717) is 11.5 Å². The van der Waals surface area contributed by atoms with Gasteiger partial charge in [0, 0.05) is 23.5 Å². The summed E-state index contributed by atoms with van der Waals surface area (Å²) in [5.41, 5.74) is 3.43. The van der Waals surface area contributed by atoms with Gasteiger partial charge in [-0.2, -0.15) is 0 Å². The Balaban J connectivity index is 2.02. The first-order chi connectivity index (χ1) is 10.5. The van der Waals surface area contributed by atoms with Crippen LogP contribution in [-0.2, 0) is 0 Å². The predicted octanol–water partition coefficient (Wildman–Crippen LogP) is 5.07. The number of benzene rings is 2. The number of allylic oxidation sites excluding steroid dienone is 1. The molecule has 0 bridgehead atoms. The summed E-state index contributed by atoms with van der Waals surface area (Å²) in [5, 5.41) is 3.00. The summed E-state index contributed by atoms with van der Waals surface area (Å²) in [7, 11) is 0. The molecular formula is C19H20FNO. The van der Waals surface area contributed by atoms with Crippen molar-refractivity contribution in [3.8, 4) is 0 Å². The van der Waals surface area contributed by atoms with Gasteiger partial charge in [-0.15, -0.1) is 0 Å². The molecule has 0 radical (unpaired) electrons. The number of hydrogen-bond acceptors (Lipinski definition) is 2. The summed E-state index contributed by atoms with van der Waals surface area (Å²) in [6.45, 7) is 6.04. The van der Waals surface area contributed by atoms with E-state index < -0.39 is 0 Å². The standard InChI is InChI=1S/C19H20FNO/c1-13(2)15-4-6-16(7-5-15)19(22)10-11-21-18-9-8-17(20)12-14(18)3/h4-13,21H,1-3H3/b11-10+. The van der Waals surface area contributed by atoms with Crippen LogP contribution in [0.2, 0.25) is 0 Å². The van der Waals surface area contributed by atoms with Crippen LogP contribution in [-0.4, -0.2) is 5.78 Å². The fourth-order valence-corrected chi connectivity index (χ4v) is 2.12. The average molecular weight is 297 g/mol. The number of ketones is 1. The molecule has 2 aromatic rings. The van der Waals surface area contributed by atoms with E-state index >= 15 is 0 Å². The largest absolute Gasteiger partial charge is 0.361 e. The molecule has 0 aromatic heterocycles. The van der Waals surface area contributed by atoms with Crippen molar-refractivity contribution in [2.24, 2.45) is 0 Å². The molecule has 0 fully saturated rings. The van der Waals surface area contributed by atoms with Crippen LogP contribution in [0.5, 0.6) is 0 Å².